The molecule has 0 radical (unpaired) electrons. The average molecular weight is 288 g/mol. The fraction of sp³-hybridized carbons (Fsp3) is 0.100. The van der Waals surface area contributed by atoms with E-state index in [0.29, 0.717) is 21.1 Å². The van der Waals surface area contributed by atoms with Crippen LogP contribution in [-0.2, 0) is 0 Å². The van der Waals surface area contributed by atoms with Gasteiger partial charge in [0.1, 0.15) is 4.47 Å². The molecular weight excluding hydrogens is 279 g/mol. The van der Waals surface area contributed by atoms with Crippen molar-refractivity contribution in [2.75, 3.05) is 5.73 Å². The van der Waals surface area contributed by atoms with E-state index < -0.39 is 0 Å². The predicted octanol–water partition coefficient (Wildman–Crippen LogP) is 3.65. The molecule has 0 unspecified atom stereocenters. The van der Waals surface area contributed by atoms with Crippen molar-refractivity contribution in [1.29, 1.82) is 0 Å². The second-order valence-electron chi connectivity index (χ2n) is 3.17. The third-order valence-corrected chi connectivity index (χ3v) is 3.11. The molecule has 15 heavy (non-hydrogen) atoms. The van der Waals surface area contributed by atoms with Crippen LogP contribution in [0.2, 0.25) is 5.02 Å². The van der Waals surface area contributed by atoms with E-state index in [-0.39, 0.29) is 0 Å². The molecule has 5 heteroatoms. The third kappa shape index (κ3) is 1.87. The Labute approximate surface area is 100 Å². The first kappa shape index (κ1) is 10.5. The SMILES string of the molecule is Cc1ccc(Cl)cc1-c1onc(N)c1Br. The topological polar surface area (TPSA) is 52.0 Å². The summed E-state index contributed by atoms with van der Waals surface area (Å²) in [7, 11) is 0. The predicted molar refractivity (Wildman–Crippen MR) is 63.8 cm³/mol. The van der Waals surface area contributed by atoms with Crippen molar-refractivity contribution in [3.8, 4) is 11.3 Å². The van der Waals surface area contributed by atoms with Crippen molar-refractivity contribution >= 4 is 33.3 Å². The Kier molecular flexibility index (Phi) is 2.71. The first-order valence-corrected chi connectivity index (χ1v) is 5.44. The zero-order valence-corrected chi connectivity index (χ0v) is 10.3. The lowest BCUT2D eigenvalue weighted by Gasteiger charge is -2.02. The van der Waals surface area contributed by atoms with Crippen molar-refractivity contribution in [3.63, 3.8) is 0 Å². The van der Waals surface area contributed by atoms with Crippen molar-refractivity contribution in [3.05, 3.63) is 33.3 Å². The molecule has 0 aliphatic heterocycles. The first-order valence-electron chi connectivity index (χ1n) is 4.26. The van der Waals surface area contributed by atoms with Crippen molar-refractivity contribution in [1.82, 2.24) is 5.16 Å². The third-order valence-electron chi connectivity index (χ3n) is 2.10. The van der Waals surface area contributed by atoms with Gasteiger partial charge in [-0.15, -0.1) is 0 Å². The van der Waals surface area contributed by atoms with Crippen molar-refractivity contribution in [2.24, 2.45) is 0 Å². The second kappa shape index (κ2) is 3.87. The molecule has 0 bridgehead atoms. The molecule has 1 heterocycles. The Bertz CT molecular complexity index is 510. The van der Waals surface area contributed by atoms with E-state index in [1.54, 1.807) is 0 Å². The zero-order valence-electron chi connectivity index (χ0n) is 7.92. The minimum atomic E-state index is 0.337. The molecule has 0 aliphatic rings. The summed E-state index contributed by atoms with van der Waals surface area (Å²) in [5.74, 6) is 0.942. The molecule has 0 saturated carbocycles. The largest absolute Gasteiger partial charge is 0.380 e. The number of nitrogens with zero attached hydrogens (tertiary/aromatic N) is 1. The molecule has 3 nitrogen and oxygen atoms in total. The minimum absolute atomic E-state index is 0.337. The summed E-state index contributed by atoms with van der Waals surface area (Å²) < 4.78 is 5.80. The lowest BCUT2D eigenvalue weighted by Crippen LogP contribution is -1.85. The molecule has 1 aromatic heterocycles. The summed E-state index contributed by atoms with van der Waals surface area (Å²) >= 11 is 9.24. The molecule has 0 amide bonds. The van der Waals surface area contributed by atoms with E-state index in [0.717, 1.165) is 11.1 Å². The lowest BCUT2D eigenvalue weighted by atomic mass is 10.1. The summed E-state index contributed by atoms with van der Waals surface area (Å²) in [5.41, 5.74) is 7.52. The summed E-state index contributed by atoms with van der Waals surface area (Å²) in [6.45, 7) is 1.97. The van der Waals surface area contributed by atoms with Crippen LogP contribution >= 0.6 is 27.5 Å². The van der Waals surface area contributed by atoms with Gasteiger partial charge in [0.2, 0.25) is 0 Å². The Morgan fingerprint density at radius 1 is 1.47 bits per heavy atom. The molecule has 0 atom stereocenters. The van der Waals surface area contributed by atoms with Gasteiger partial charge in [-0.05, 0) is 40.5 Å². The molecule has 2 N–H and O–H groups in total. The molecule has 78 valence electrons. The molecule has 2 aromatic rings. The highest BCUT2D eigenvalue weighted by Crippen LogP contribution is 2.35. The van der Waals surface area contributed by atoms with Gasteiger partial charge in [-0.3, -0.25) is 0 Å². The lowest BCUT2D eigenvalue weighted by molar-refractivity contribution is 0.435. The van der Waals surface area contributed by atoms with E-state index in [9.17, 15) is 0 Å². The van der Waals surface area contributed by atoms with Crippen LogP contribution in [0.4, 0.5) is 5.82 Å². The number of hydrogen-bond acceptors (Lipinski definition) is 3. The Morgan fingerprint density at radius 2 is 2.20 bits per heavy atom. The maximum absolute atomic E-state index is 5.92. The Hall–Kier alpha value is -1.00. The monoisotopic (exact) mass is 286 g/mol. The number of nitrogens with two attached hydrogens (primary N) is 1. The van der Waals surface area contributed by atoms with E-state index in [4.69, 9.17) is 21.9 Å². The standard InChI is InChI=1S/C10H8BrClN2O/c1-5-2-3-6(12)4-7(5)9-8(11)10(13)14-15-9/h2-4H,1H3,(H2,13,14). The van der Waals surface area contributed by atoms with Crippen molar-refractivity contribution in [2.45, 2.75) is 6.92 Å². The molecule has 0 spiro atoms. The van der Waals surface area contributed by atoms with Crippen LogP contribution in [-0.4, -0.2) is 5.16 Å². The number of benzene rings is 1. The van der Waals surface area contributed by atoms with Crippen LogP contribution in [0.25, 0.3) is 11.3 Å². The number of nitrogen functional groups attached to an aromatic ring is 1. The summed E-state index contributed by atoms with van der Waals surface area (Å²) in [4.78, 5) is 0. The smallest absolute Gasteiger partial charge is 0.183 e. The Morgan fingerprint density at radius 3 is 2.80 bits per heavy atom. The average Bonchev–Trinajstić information content (AvgIpc) is 2.52. The van der Waals surface area contributed by atoms with E-state index in [2.05, 4.69) is 21.1 Å². The van der Waals surface area contributed by atoms with Gasteiger partial charge in [-0.25, -0.2) is 0 Å². The molecule has 0 fully saturated rings. The molecular formula is C10H8BrClN2O. The number of halogens is 2. The highest BCUT2D eigenvalue weighted by atomic mass is 79.9. The molecule has 0 aliphatic carbocycles. The number of rotatable bonds is 1. The zero-order chi connectivity index (χ0) is 11.0. The summed E-state index contributed by atoms with van der Waals surface area (Å²) in [5, 5.41) is 4.33. The number of aromatic nitrogens is 1. The van der Waals surface area contributed by atoms with E-state index in [1.165, 1.54) is 0 Å². The van der Waals surface area contributed by atoms with Crippen LogP contribution in [0.1, 0.15) is 5.56 Å². The van der Waals surface area contributed by atoms with Gasteiger partial charge in [0, 0.05) is 10.6 Å². The number of aryl methyl sites for hydroxylation is 1. The molecule has 1 aromatic carbocycles. The fourth-order valence-corrected chi connectivity index (χ4v) is 1.83. The van der Waals surface area contributed by atoms with Crippen molar-refractivity contribution < 1.29 is 4.52 Å². The van der Waals surface area contributed by atoms with Crippen LogP contribution < -0.4 is 5.73 Å². The minimum Gasteiger partial charge on any atom is -0.380 e. The van der Waals surface area contributed by atoms with Gasteiger partial charge in [-0.2, -0.15) is 0 Å². The quantitative estimate of drug-likeness (QED) is 0.871. The second-order valence-corrected chi connectivity index (χ2v) is 4.40. The van der Waals surface area contributed by atoms with Crippen LogP contribution in [0.5, 0.6) is 0 Å². The normalized spacial score (nSPS) is 10.6. The summed E-state index contributed by atoms with van der Waals surface area (Å²) in [6, 6.07) is 5.57. The highest BCUT2D eigenvalue weighted by molar-refractivity contribution is 9.10. The van der Waals surface area contributed by atoms with Crippen LogP contribution in [0.3, 0.4) is 0 Å². The highest BCUT2D eigenvalue weighted by Gasteiger charge is 2.15. The summed E-state index contributed by atoms with van der Waals surface area (Å²) in [6.07, 6.45) is 0. The maximum atomic E-state index is 5.92. The fourth-order valence-electron chi connectivity index (χ4n) is 1.30. The first-order chi connectivity index (χ1) is 7.09. The maximum Gasteiger partial charge on any atom is 0.183 e. The number of hydrogen-bond donors (Lipinski definition) is 1. The van der Waals surface area contributed by atoms with E-state index in [1.807, 2.05) is 25.1 Å². The van der Waals surface area contributed by atoms with Gasteiger partial charge in [0.15, 0.2) is 11.6 Å². The number of anilines is 1. The molecule has 0 saturated heterocycles. The van der Waals surface area contributed by atoms with Gasteiger partial charge in [0.05, 0.1) is 0 Å². The van der Waals surface area contributed by atoms with Gasteiger partial charge >= 0.3 is 0 Å². The van der Waals surface area contributed by atoms with Gasteiger partial charge in [0.25, 0.3) is 0 Å². The van der Waals surface area contributed by atoms with Crippen LogP contribution in [0, 0.1) is 6.92 Å². The van der Waals surface area contributed by atoms with Gasteiger partial charge < -0.3 is 10.3 Å². The van der Waals surface area contributed by atoms with Crippen LogP contribution in [0.15, 0.2) is 27.2 Å². The molecule has 2 rings (SSSR count). The van der Waals surface area contributed by atoms with Gasteiger partial charge in [-0.1, -0.05) is 22.8 Å². The van der Waals surface area contributed by atoms with E-state index >= 15 is 0 Å². The Balaban J connectivity index is 2.63.